The number of aromatic nitrogens is 1. The van der Waals surface area contributed by atoms with Crippen LogP contribution in [0, 0.1) is 6.92 Å². The highest BCUT2D eigenvalue weighted by atomic mass is 16.5. The summed E-state index contributed by atoms with van der Waals surface area (Å²) in [4.78, 5) is 16.3. The minimum atomic E-state index is -0.179. The zero-order valence-corrected chi connectivity index (χ0v) is 10.6. The van der Waals surface area contributed by atoms with Crippen molar-refractivity contribution in [1.82, 2.24) is 10.3 Å². The monoisotopic (exact) mass is 254 g/mol. The minimum absolute atomic E-state index is 0.179. The lowest BCUT2D eigenvalue weighted by Crippen LogP contribution is -2.25. The molecule has 0 spiro atoms. The average Bonchev–Trinajstić information content (AvgIpc) is 2.62. The molecular weight excluding hydrogens is 240 g/mol. The maximum Gasteiger partial charge on any atom is 0.273 e. The highest BCUT2D eigenvalue weighted by Crippen LogP contribution is 2.24. The Morgan fingerprint density at radius 1 is 1.16 bits per heavy atom. The van der Waals surface area contributed by atoms with Crippen LogP contribution in [0.4, 0.5) is 0 Å². The number of nitrogens with one attached hydrogen (secondary N) is 1. The van der Waals surface area contributed by atoms with E-state index in [0.29, 0.717) is 24.6 Å². The third-order valence-corrected chi connectivity index (χ3v) is 3.07. The van der Waals surface area contributed by atoms with Crippen molar-refractivity contribution in [2.45, 2.75) is 6.92 Å². The second-order valence-corrected chi connectivity index (χ2v) is 4.51. The van der Waals surface area contributed by atoms with Crippen molar-refractivity contribution >= 4 is 5.91 Å². The number of hydrogen-bond donors (Lipinski definition) is 1. The van der Waals surface area contributed by atoms with Crippen molar-refractivity contribution < 1.29 is 9.53 Å². The van der Waals surface area contributed by atoms with Crippen LogP contribution in [-0.4, -0.2) is 24.0 Å². The number of hydrogen-bond acceptors (Lipinski definition) is 3. The Labute approximate surface area is 111 Å². The third kappa shape index (κ3) is 2.29. The first-order chi connectivity index (χ1) is 9.24. The van der Waals surface area contributed by atoms with Gasteiger partial charge in [-0.15, -0.1) is 0 Å². The lowest BCUT2D eigenvalue weighted by atomic mass is 10.1. The van der Waals surface area contributed by atoms with Gasteiger partial charge < -0.3 is 10.1 Å². The topological polar surface area (TPSA) is 51.2 Å². The van der Waals surface area contributed by atoms with Gasteiger partial charge in [0.25, 0.3) is 5.91 Å². The van der Waals surface area contributed by atoms with Crippen LogP contribution in [0.2, 0.25) is 0 Å². The van der Waals surface area contributed by atoms with Crippen molar-refractivity contribution in [3.05, 3.63) is 47.7 Å². The molecule has 0 saturated heterocycles. The Bertz CT molecular complexity index is 621. The fourth-order valence-corrected chi connectivity index (χ4v) is 2.02. The molecule has 0 bridgehead atoms. The summed E-state index contributed by atoms with van der Waals surface area (Å²) in [7, 11) is 0. The molecule has 4 nitrogen and oxygen atoms in total. The number of pyridine rings is 1. The van der Waals surface area contributed by atoms with E-state index in [1.165, 1.54) is 5.56 Å². The quantitative estimate of drug-likeness (QED) is 0.848. The molecule has 1 amide bonds. The largest absolute Gasteiger partial charge is 0.489 e. The van der Waals surface area contributed by atoms with Crippen LogP contribution in [0.1, 0.15) is 16.1 Å². The molecule has 0 fully saturated rings. The first-order valence-electron chi connectivity index (χ1n) is 6.23. The Morgan fingerprint density at radius 2 is 1.95 bits per heavy atom. The van der Waals surface area contributed by atoms with Gasteiger partial charge in [0.15, 0.2) is 11.4 Å². The van der Waals surface area contributed by atoms with Gasteiger partial charge in [0.1, 0.15) is 6.61 Å². The SMILES string of the molecule is Cc1ccc(-c2ccc3c(n2)C(=O)NCCO3)cc1. The van der Waals surface area contributed by atoms with E-state index in [1.807, 2.05) is 43.3 Å². The number of carbonyl (C=O) groups is 1. The summed E-state index contributed by atoms with van der Waals surface area (Å²) in [5.41, 5.74) is 3.32. The summed E-state index contributed by atoms with van der Waals surface area (Å²) in [5.74, 6) is 0.368. The van der Waals surface area contributed by atoms with Crippen LogP contribution in [-0.2, 0) is 0 Å². The van der Waals surface area contributed by atoms with Gasteiger partial charge in [-0.1, -0.05) is 29.8 Å². The third-order valence-electron chi connectivity index (χ3n) is 3.07. The fourth-order valence-electron chi connectivity index (χ4n) is 2.02. The Balaban J connectivity index is 2.05. The van der Waals surface area contributed by atoms with E-state index in [0.717, 1.165) is 11.3 Å². The van der Waals surface area contributed by atoms with E-state index in [1.54, 1.807) is 0 Å². The molecule has 0 saturated carbocycles. The second kappa shape index (κ2) is 4.72. The Kier molecular flexibility index (Phi) is 2.91. The van der Waals surface area contributed by atoms with Gasteiger partial charge in [-0.3, -0.25) is 4.79 Å². The molecule has 2 heterocycles. The van der Waals surface area contributed by atoms with E-state index in [2.05, 4.69) is 10.3 Å². The van der Waals surface area contributed by atoms with Crippen molar-refractivity contribution in [3.63, 3.8) is 0 Å². The normalized spacial score (nSPS) is 14.1. The zero-order chi connectivity index (χ0) is 13.2. The molecule has 0 radical (unpaired) electrons. The first-order valence-corrected chi connectivity index (χ1v) is 6.23. The van der Waals surface area contributed by atoms with Gasteiger partial charge in [-0.2, -0.15) is 0 Å². The van der Waals surface area contributed by atoms with E-state index >= 15 is 0 Å². The van der Waals surface area contributed by atoms with Crippen LogP contribution >= 0.6 is 0 Å². The summed E-state index contributed by atoms with van der Waals surface area (Å²) in [6.45, 7) is 3.02. The Hall–Kier alpha value is -2.36. The Morgan fingerprint density at radius 3 is 2.74 bits per heavy atom. The maximum atomic E-state index is 11.9. The van der Waals surface area contributed by atoms with Crippen LogP contribution in [0.25, 0.3) is 11.3 Å². The van der Waals surface area contributed by atoms with Crippen LogP contribution in [0.3, 0.4) is 0 Å². The highest BCUT2D eigenvalue weighted by molar-refractivity contribution is 5.95. The second-order valence-electron chi connectivity index (χ2n) is 4.51. The van der Waals surface area contributed by atoms with Gasteiger partial charge in [-0.25, -0.2) is 4.98 Å². The number of benzene rings is 1. The summed E-state index contributed by atoms with van der Waals surface area (Å²) >= 11 is 0. The number of nitrogens with zero attached hydrogens (tertiary/aromatic N) is 1. The average molecular weight is 254 g/mol. The highest BCUT2D eigenvalue weighted by Gasteiger charge is 2.18. The minimum Gasteiger partial charge on any atom is -0.489 e. The van der Waals surface area contributed by atoms with Crippen molar-refractivity contribution in [3.8, 4) is 17.0 Å². The van der Waals surface area contributed by atoms with Crippen LogP contribution < -0.4 is 10.1 Å². The lowest BCUT2D eigenvalue weighted by molar-refractivity contribution is 0.0952. The zero-order valence-electron chi connectivity index (χ0n) is 10.6. The van der Waals surface area contributed by atoms with E-state index in [-0.39, 0.29) is 5.91 Å². The smallest absolute Gasteiger partial charge is 0.273 e. The van der Waals surface area contributed by atoms with E-state index in [4.69, 9.17) is 4.74 Å². The number of carbonyl (C=O) groups excluding carboxylic acids is 1. The molecule has 1 aromatic carbocycles. The van der Waals surface area contributed by atoms with Gasteiger partial charge in [0.05, 0.1) is 12.2 Å². The molecule has 0 aliphatic carbocycles. The summed E-state index contributed by atoms with van der Waals surface area (Å²) in [5, 5.41) is 2.76. The number of rotatable bonds is 1. The standard InChI is InChI=1S/C15H14N2O2/c1-10-2-4-11(5-3-10)12-6-7-13-14(17-12)15(18)16-8-9-19-13/h2-7H,8-9H2,1H3,(H,16,18). The number of ether oxygens (including phenoxy) is 1. The predicted octanol–water partition coefficient (Wildman–Crippen LogP) is 2.18. The van der Waals surface area contributed by atoms with Gasteiger partial charge >= 0.3 is 0 Å². The summed E-state index contributed by atoms with van der Waals surface area (Å²) in [6.07, 6.45) is 0. The molecule has 4 heteroatoms. The fraction of sp³-hybridized carbons (Fsp3) is 0.200. The molecule has 0 unspecified atom stereocenters. The molecule has 2 aromatic rings. The molecule has 0 atom stereocenters. The van der Waals surface area contributed by atoms with E-state index in [9.17, 15) is 4.79 Å². The lowest BCUT2D eigenvalue weighted by Gasteiger charge is -2.07. The molecule has 1 aromatic heterocycles. The maximum absolute atomic E-state index is 11.9. The molecule has 19 heavy (non-hydrogen) atoms. The van der Waals surface area contributed by atoms with Crippen molar-refractivity contribution in [2.75, 3.05) is 13.2 Å². The van der Waals surface area contributed by atoms with Crippen molar-refractivity contribution in [2.24, 2.45) is 0 Å². The summed E-state index contributed by atoms with van der Waals surface area (Å²) in [6, 6.07) is 11.7. The number of fused-ring (bicyclic) bond motifs is 1. The number of amides is 1. The van der Waals surface area contributed by atoms with Gasteiger partial charge in [0, 0.05) is 5.56 Å². The van der Waals surface area contributed by atoms with Crippen molar-refractivity contribution in [1.29, 1.82) is 0 Å². The molecule has 3 rings (SSSR count). The van der Waals surface area contributed by atoms with E-state index < -0.39 is 0 Å². The molecule has 1 aliphatic rings. The number of aryl methyl sites for hydroxylation is 1. The van der Waals surface area contributed by atoms with Crippen LogP contribution in [0.15, 0.2) is 36.4 Å². The summed E-state index contributed by atoms with van der Waals surface area (Å²) < 4.78 is 5.48. The van der Waals surface area contributed by atoms with Gasteiger partial charge in [-0.05, 0) is 19.1 Å². The molecule has 1 N–H and O–H groups in total. The molecule has 96 valence electrons. The first kappa shape index (κ1) is 11.7. The van der Waals surface area contributed by atoms with Gasteiger partial charge in [0.2, 0.25) is 0 Å². The molecule has 1 aliphatic heterocycles. The predicted molar refractivity (Wildman–Crippen MR) is 72.2 cm³/mol. The molecular formula is C15H14N2O2. The van der Waals surface area contributed by atoms with Crippen LogP contribution in [0.5, 0.6) is 5.75 Å².